The van der Waals surface area contributed by atoms with Crippen LogP contribution in [0.4, 0.5) is 0 Å². The van der Waals surface area contributed by atoms with Gasteiger partial charge in [0, 0.05) is 6.92 Å². The molecule has 32 heavy (non-hydrogen) atoms. The zero-order valence-corrected chi connectivity index (χ0v) is 18.5. The maximum Gasteiger partial charge on any atom is 0.304 e. The number of esters is 1. The van der Waals surface area contributed by atoms with Gasteiger partial charge in [-0.2, -0.15) is 0 Å². The monoisotopic (exact) mass is 444 g/mol. The number of fused-ring (bicyclic) bond motifs is 1. The second-order valence-corrected chi connectivity index (χ2v) is 9.15. The lowest BCUT2D eigenvalue weighted by atomic mass is 9.76. The van der Waals surface area contributed by atoms with Gasteiger partial charge in [-0.1, -0.05) is 91.0 Å². The highest BCUT2D eigenvalue weighted by Crippen LogP contribution is 2.44. The highest BCUT2D eigenvalue weighted by atomic mass is 32.2. The predicted molar refractivity (Wildman–Crippen MR) is 125 cm³/mol. The van der Waals surface area contributed by atoms with E-state index < -0.39 is 17.8 Å². The summed E-state index contributed by atoms with van der Waals surface area (Å²) >= 11 is 1.65. The Bertz CT molecular complexity index is 1010. The Morgan fingerprint density at radius 3 is 1.81 bits per heavy atom. The van der Waals surface area contributed by atoms with Gasteiger partial charge in [-0.25, -0.2) is 0 Å². The van der Waals surface area contributed by atoms with Crippen LogP contribution in [0.2, 0.25) is 0 Å². The molecule has 0 aromatic heterocycles. The quantitative estimate of drug-likeness (QED) is 0.357. The lowest BCUT2D eigenvalue weighted by molar-refractivity contribution is -0.171. The molecular formula is C26H24N2O3S. The molecule has 5 nitrogen and oxygen atoms in total. The number of amides is 1. The molecule has 1 N–H and O–H groups in total. The highest BCUT2D eigenvalue weighted by Gasteiger charge is 2.58. The number of β-lactam (4-membered cyclic amide) rings is 1. The van der Waals surface area contributed by atoms with Crippen LogP contribution in [-0.4, -0.2) is 40.2 Å². The first-order chi connectivity index (χ1) is 15.6. The number of hydrogen-bond donors (Lipinski definition) is 1. The summed E-state index contributed by atoms with van der Waals surface area (Å²) in [5.74, 6) is 0.175. The average Bonchev–Trinajstić information content (AvgIpc) is 3.20. The van der Waals surface area contributed by atoms with Gasteiger partial charge in [0.1, 0.15) is 11.4 Å². The summed E-state index contributed by atoms with van der Waals surface area (Å²) in [6, 6.07) is 30.3. The van der Waals surface area contributed by atoms with Crippen molar-refractivity contribution >= 4 is 23.6 Å². The maximum atomic E-state index is 13.3. The summed E-state index contributed by atoms with van der Waals surface area (Å²) in [7, 11) is 0. The van der Waals surface area contributed by atoms with Gasteiger partial charge in [-0.3, -0.25) is 19.8 Å². The molecule has 3 aromatic carbocycles. The number of thioether (sulfide) groups is 1. The Labute approximate surface area is 191 Å². The molecule has 3 atom stereocenters. The number of benzene rings is 3. The topological polar surface area (TPSA) is 58.6 Å². The van der Waals surface area contributed by atoms with Gasteiger partial charge in [-0.05, 0) is 16.7 Å². The molecule has 0 bridgehead atoms. The minimum absolute atomic E-state index is 0.0431. The molecule has 0 spiro atoms. The van der Waals surface area contributed by atoms with E-state index in [4.69, 9.17) is 4.74 Å². The van der Waals surface area contributed by atoms with Gasteiger partial charge in [0.15, 0.2) is 6.23 Å². The fourth-order valence-electron chi connectivity index (χ4n) is 4.69. The molecular weight excluding hydrogens is 420 g/mol. The summed E-state index contributed by atoms with van der Waals surface area (Å²) in [5.41, 5.74) is 2.46. The SMILES string of the molecule is CC(=O)OC1CS[C@H]2C(NC(c3ccccc3)(c3ccccc3)c3ccccc3)C(=O)N12. The Morgan fingerprint density at radius 1 is 0.906 bits per heavy atom. The van der Waals surface area contributed by atoms with Gasteiger partial charge in [0.05, 0.1) is 11.3 Å². The lowest BCUT2D eigenvalue weighted by Gasteiger charge is -2.49. The molecule has 0 aliphatic carbocycles. The normalized spacial score (nSPS) is 22.2. The van der Waals surface area contributed by atoms with Gasteiger partial charge in [0.25, 0.3) is 0 Å². The van der Waals surface area contributed by atoms with Crippen LogP contribution < -0.4 is 5.32 Å². The summed E-state index contributed by atoms with van der Waals surface area (Å²) in [4.78, 5) is 26.4. The number of ether oxygens (including phenoxy) is 1. The summed E-state index contributed by atoms with van der Waals surface area (Å²) in [6.07, 6.45) is -0.493. The van der Waals surface area contributed by atoms with E-state index in [2.05, 4.69) is 41.7 Å². The van der Waals surface area contributed by atoms with Crippen LogP contribution in [0.15, 0.2) is 91.0 Å². The molecule has 0 radical (unpaired) electrons. The van der Waals surface area contributed by atoms with Crippen molar-refractivity contribution in [3.05, 3.63) is 108 Å². The van der Waals surface area contributed by atoms with Crippen LogP contribution in [0.1, 0.15) is 23.6 Å². The fraction of sp³-hybridized carbons (Fsp3) is 0.231. The molecule has 2 saturated heterocycles. The average molecular weight is 445 g/mol. The summed E-state index contributed by atoms with van der Waals surface area (Å²) in [6.45, 7) is 1.38. The zero-order chi connectivity index (χ0) is 22.1. The molecule has 3 aromatic rings. The van der Waals surface area contributed by atoms with Crippen molar-refractivity contribution in [1.29, 1.82) is 0 Å². The van der Waals surface area contributed by atoms with Crippen molar-refractivity contribution in [2.24, 2.45) is 0 Å². The van der Waals surface area contributed by atoms with E-state index in [0.29, 0.717) is 5.75 Å². The van der Waals surface area contributed by atoms with E-state index >= 15 is 0 Å². The zero-order valence-electron chi connectivity index (χ0n) is 17.7. The molecule has 2 fully saturated rings. The Hall–Kier alpha value is -3.09. The maximum absolute atomic E-state index is 13.3. The van der Waals surface area contributed by atoms with Gasteiger partial charge < -0.3 is 4.74 Å². The first-order valence-corrected chi connectivity index (χ1v) is 11.7. The fourth-order valence-corrected chi connectivity index (χ4v) is 6.06. The Morgan fingerprint density at radius 2 is 1.38 bits per heavy atom. The minimum atomic E-state index is -0.712. The smallest absolute Gasteiger partial charge is 0.304 e. The van der Waals surface area contributed by atoms with Gasteiger partial charge in [-0.15, -0.1) is 11.8 Å². The van der Waals surface area contributed by atoms with Crippen LogP contribution in [-0.2, 0) is 19.9 Å². The minimum Gasteiger partial charge on any atom is -0.441 e. The van der Waals surface area contributed by atoms with E-state index in [1.165, 1.54) is 6.92 Å². The Balaban J connectivity index is 1.59. The standard InChI is InChI=1S/C26H24N2O3S/c1-18(29)31-22-17-32-25-23(24(30)28(22)25)27-26(19-11-5-2-6-12-19,20-13-7-3-8-14-20)21-15-9-4-10-16-21/h2-16,22-23,25,27H,17H2,1H3/t22?,23?,25-/m0/s1. The van der Waals surface area contributed by atoms with E-state index in [0.717, 1.165) is 16.7 Å². The number of rotatable bonds is 6. The second-order valence-electron chi connectivity index (χ2n) is 8.00. The number of carbonyl (C=O) groups excluding carboxylic acids is 2. The first kappa shape index (κ1) is 20.8. The number of hydrogen-bond acceptors (Lipinski definition) is 5. The molecule has 2 aliphatic rings. The molecule has 2 heterocycles. The molecule has 1 amide bonds. The van der Waals surface area contributed by atoms with E-state index in [9.17, 15) is 9.59 Å². The Kier molecular flexibility index (Phi) is 5.49. The van der Waals surface area contributed by atoms with E-state index in [-0.39, 0.29) is 17.3 Å². The van der Waals surface area contributed by atoms with Crippen LogP contribution >= 0.6 is 11.8 Å². The van der Waals surface area contributed by atoms with Crippen molar-refractivity contribution in [3.63, 3.8) is 0 Å². The van der Waals surface area contributed by atoms with Crippen LogP contribution in [0.5, 0.6) is 0 Å². The van der Waals surface area contributed by atoms with E-state index in [1.54, 1.807) is 16.7 Å². The number of nitrogens with one attached hydrogen (secondary N) is 1. The molecule has 2 unspecified atom stereocenters. The van der Waals surface area contributed by atoms with Crippen molar-refractivity contribution in [2.45, 2.75) is 30.1 Å². The first-order valence-electron chi connectivity index (χ1n) is 10.7. The van der Waals surface area contributed by atoms with E-state index in [1.807, 2.05) is 54.6 Å². The predicted octanol–water partition coefficient (Wildman–Crippen LogP) is 3.74. The number of nitrogens with zero attached hydrogens (tertiary/aromatic N) is 1. The third kappa shape index (κ3) is 3.40. The third-order valence-electron chi connectivity index (χ3n) is 6.09. The highest BCUT2D eigenvalue weighted by molar-refractivity contribution is 8.00. The lowest BCUT2D eigenvalue weighted by Crippen LogP contribution is -2.71. The molecule has 6 heteroatoms. The van der Waals surface area contributed by atoms with Crippen LogP contribution in [0.25, 0.3) is 0 Å². The third-order valence-corrected chi connectivity index (χ3v) is 7.41. The summed E-state index contributed by atoms with van der Waals surface area (Å²) < 4.78 is 5.37. The molecule has 162 valence electrons. The van der Waals surface area contributed by atoms with Crippen molar-refractivity contribution in [3.8, 4) is 0 Å². The number of carbonyl (C=O) groups is 2. The van der Waals surface area contributed by atoms with Crippen LogP contribution in [0, 0.1) is 0 Å². The summed E-state index contributed by atoms with van der Waals surface area (Å²) in [5, 5.41) is 3.68. The van der Waals surface area contributed by atoms with Crippen molar-refractivity contribution in [1.82, 2.24) is 10.2 Å². The molecule has 5 rings (SSSR count). The van der Waals surface area contributed by atoms with Gasteiger partial charge >= 0.3 is 5.97 Å². The van der Waals surface area contributed by atoms with Crippen LogP contribution in [0.3, 0.4) is 0 Å². The van der Waals surface area contributed by atoms with Gasteiger partial charge in [0.2, 0.25) is 5.91 Å². The molecule has 2 aliphatic heterocycles. The largest absolute Gasteiger partial charge is 0.441 e. The molecule has 0 saturated carbocycles. The van der Waals surface area contributed by atoms with Crippen molar-refractivity contribution < 1.29 is 14.3 Å². The van der Waals surface area contributed by atoms with Crippen molar-refractivity contribution in [2.75, 3.05) is 5.75 Å². The second kappa shape index (κ2) is 8.45.